The number of nitrogens with zero attached hydrogens (tertiary/aromatic N) is 2. The maximum Gasteiger partial charge on any atom is 0.314 e. The van der Waals surface area contributed by atoms with Gasteiger partial charge in [-0.05, 0) is 18.4 Å². The van der Waals surface area contributed by atoms with E-state index >= 15 is 0 Å². The largest absolute Gasteiger partial charge is 0.351 e. The minimum absolute atomic E-state index is 0.0173. The highest BCUT2D eigenvalue weighted by atomic mass is 16.2. The van der Waals surface area contributed by atoms with Crippen molar-refractivity contribution in [3.63, 3.8) is 0 Å². The Morgan fingerprint density at radius 1 is 1.47 bits per heavy atom. The van der Waals surface area contributed by atoms with E-state index in [2.05, 4.69) is 0 Å². The number of primary amides is 1. The van der Waals surface area contributed by atoms with Crippen LogP contribution in [0.1, 0.15) is 24.3 Å². The van der Waals surface area contributed by atoms with E-state index in [9.17, 15) is 9.59 Å². The lowest BCUT2D eigenvalue weighted by Gasteiger charge is -2.31. The molecule has 1 aliphatic heterocycles. The Morgan fingerprint density at radius 3 is 2.88 bits per heavy atom. The minimum Gasteiger partial charge on any atom is -0.351 e. The molecule has 0 radical (unpaired) electrons. The van der Waals surface area contributed by atoms with Crippen LogP contribution in [0.5, 0.6) is 0 Å². The molecule has 2 N–H and O–H groups in total. The molecule has 1 aromatic heterocycles. The van der Waals surface area contributed by atoms with Crippen LogP contribution in [0.2, 0.25) is 0 Å². The van der Waals surface area contributed by atoms with Crippen LogP contribution in [0.15, 0.2) is 23.1 Å². The fraction of sp³-hybridized carbons (Fsp3) is 0.500. The molecule has 0 spiro atoms. The van der Waals surface area contributed by atoms with Gasteiger partial charge in [0.15, 0.2) is 0 Å². The van der Waals surface area contributed by atoms with Crippen LogP contribution in [0.25, 0.3) is 0 Å². The van der Waals surface area contributed by atoms with Crippen LogP contribution in [-0.4, -0.2) is 28.6 Å². The third-order valence-corrected chi connectivity index (χ3v) is 3.31. The average Bonchev–Trinajstić information content (AvgIpc) is 2.33. The first-order chi connectivity index (χ1) is 8.08. The van der Waals surface area contributed by atoms with Gasteiger partial charge in [0.25, 0.3) is 0 Å². The molecule has 1 saturated heterocycles. The summed E-state index contributed by atoms with van der Waals surface area (Å²) in [6.45, 7) is 1.38. The zero-order valence-electron chi connectivity index (χ0n) is 9.93. The Kier molecular flexibility index (Phi) is 3.17. The van der Waals surface area contributed by atoms with Crippen LogP contribution in [0.3, 0.4) is 0 Å². The predicted molar refractivity (Wildman–Crippen MR) is 64.8 cm³/mol. The van der Waals surface area contributed by atoms with E-state index in [-0.39, 0.29) is 17.5 Å². The van der Waals surface area contributed by atoms with Crippen LogP contribution in [-0.2, 0) is 7.05 Å². The zero-order chi connectivity index (χ0) is 12.4. The lowest BCUT2D eigenvalue weighted by Crippen LogP contribution is -2.42. The topological polar surface area (TPSA) is 68.3 Å². The molecule has 2 heterocycles. The number of piperidine rings is 1. The third-order valence-electron chi connectivity index (χ3n) is 3.31. The Morgan fingerprint density at radius 2 is 2.24 bits per heavy atom. The summed E-state index contributed by atoms with van der Waals surface area (Å²) in [6, 6.07) is 3.05. The van der Waals surface area contributed by atoms with Crippen molar-refractivity contribution in [2.45, 2.75) is 18.8 Å². The van der Waals surface area contributed by atoms with Gasteiger partial charge in [-0.2, -0.15) is 0 Å². The average molecular weight is 235 g/mol. The van der Waals surface area contributed by atoms with Gasteiger partial charge in [-0.15, -0.1) is 0 Å². The highest BCUT2D eigenvalue weighted by molar-refractivity contribution is 5.72. The van der Waals surface area contributed by atoms with Crippen LogP contribution in [0.4, 0.5) is 4.79 Å². The van der Waals surface area contributed by atoms with Crippen LogP contribution >= 0.6 is 0 Å². The summed E-state index contributed by atoms with van der Waals surface area (Å²) in [5, 5.41) is 0. The molecule has 92 valence electrons. The van der Waals surface area contributed by atoms with E-state index < -0.39 is 0 Å². The van der Waals surface area contributed by atoms with Gasteiger partial charge in [0.1, 0.15) is 0 Å². The number of likely N-dealkylation sites (tertiary alicyclic amines) is 1. The van der Waals surface area contributed by atoms with Crippen molar-refractivity contribution in [2.75, 3.05) is 13.1 Å². The van der Waals surface area contributed by atoms with Crippen molar-refractivity contribution in [1.29, 1.82) is 0 Å². The van der Waals surface area contributed by atoms with E-state index in [0.717, 1.165) is 24.9 Å². The molecule has 1 unspecified atom stereocenters. The van der Waals surface area contributed by atoms with Crippen molar-refractivity contribution in [2.24, 2.45) is 12.8 Å². The number of carbonyl (C=O) groups excluding carboxylic acids is 1. The smallest absolute Gasteiger partial charge is 0.314 e. The number of hydrogen-bond donors (Lipinski definition) is 1. The lowest BCUT2D eigenvalue weighted by atomic mass is 9.92. The molecular weight excluding hydrogens is 218 g/mol. The van der Waals surface area contributed by atoms with E-state index in [0.29, 0.717) is 6.54 Å². The monoisotopic (exact) mass is 235 g/mol. The van der Waals surface area contributed by atoms with Gasteiger partial charge in [0.2, 0.25) is 5.56 Å². The molecule has 2 rings (SSSR count). The number of amides is 2. The van der Waals surface area contributed by atoms with Gasteiger partial charge < -0.3 is 15.2 Å². The summed E-state index contributed by atoms with van der Waals surface area (Å²) in [4.78, 5) is 24.1. The van der Waals surface area contributed by atoms with Crippen LogP contribution in [0, 0.1) is 0 Å². The number of rotatable bonds is 1. The number of carbonyl (C=O) groups is 1. The summed E-state index contributed by atoms with van der Waals surface area (Å²) in [6.07, 6.45) is 3.83. The van der Waals surface area contributed by atoms with Gasteiger partial charge in [-0.3, -0.25) is 4.79 Å². The van der Waals surface area contributed by atoms with Gasteiger partial charge >= 0.3 is 6.03 Å². The molecule has 1 aliphatic rings. The van der Waals surface area contributed by atoms with E-state index in [1.165, 1.54) is 0 Å². The molecular formula is C12H17N3O2. The highest BCUT2D eigenvalue weighted by Crippen LogP contribution is 2.25. The zero-order valence-corrected chi connectivity index (χ0v) is 9.93. The molecule has 2 amide bonds. The Labute approximate surface area is 99.8 Å². The summed E-state index contributed by atoms with van der Waals surface area (Å²) in [5.74, 6) is 0.281. The Hall–Kier alpha value is -1.78. The predicted octanol–water partition coefficient (Wildman–Crippen LogP) is 0.643. The van der Waals surface area contributed by atoms with Gasteiger partial charge in [-0.1, -0.05) is 6.07 Å². The molecule has 5 heteroatoms. The van der Waals surface area contributed by atoms with Gasteiger partial charge in [0.05, 0.1) is 0 Å². The number of urea groups is 1. The molecule has 0 saturated carbocycles. The minimum atomic E-state index is -0.362. The number of pyridine rings is 1. The molecule has 0 aliphatic carbocycles. The van der Waals surface area contributed by atoms with Crippen molar-refractivity contribution in [1.82, 2.24) is 9.47 Å². The van der Waals surface area contributed by atoms with Crippen molar-refractivity contribution >= 4 is 6.03 Å². The molecule has 17 heavy (non-hydrogen) atoms. The summed E-state index contributed by atoms with van der Waals surface area (Å²) in [5.41, 5.74) is 6.37. The molecule has 1 fully saturated rings. The van der Waals surface area contributed by atoms with Crippen molar-refractivity contribution in [3.05, 3.63) is 34.2 Å². The highest BCUT2D eigenvalue weighted by Gasteiger charge is 2.23. The van der Waals surface area contributed by atoms with E-state index in [1.54, 1.807) is 22.6 Å². The maximum atomic E-state index is 11.3. The molecule has 0 bridgehead atoms. The van der Waals surface area contributed by atoms with Crippen molar-refractivity contribution < 1.29 is 4.79 Å². The first-order valence-electron chi connectivity index (χ1n) is 5.79. The lowest BCUT2D eigenvalue weighted by molar-refractivity contribution is 0.188. The Balaban J connectivity index is 2.19. The second-order valence-corrected chi connectivity index (χ2v) is 4.53. The van der Waals surface area contributed by atoms with E-state index in [4.69, 9.17) is 5.73 Å². The molecule has 1 aromatic rings. The second-order valence-electron chi connectivity index (χ2n) is 4.53. The van der Waals surface area contributed by atoms with Gasteiger partial charge in [-0.25, -0.2) is 4.79 Å². The number of nitrogens with two attached hydrogens (primary N) is 1. The fourth-order valence-corrected chi connectivity index (χ4v) is 2.31. The number of aromatic nitrogens is 1. The molecule has 0 aromatic carbocycles. The Bertz CT molecular complexity index is 481. The summed E-state index contributed by atoms with van der Waals surface area (Å²) in [7, 11) is 1.74. The summed E-state index contributed by atoms with van der Waals surface area (Å²) >= 11 is 0. The van der Waals surface area contributed by atoms with E-state index in [1.807, 2.05) is 12.3 Å². The summed E-state index contributed by atoms with van der Waals surface area (Å²) < 4.78 is 1.57. The quantitative estimate of drug-likeness (QED) is 0.776. The first kappa shape index (κ1) is 11.7. The third kappa shape index (κ3) is 2.49. The number of aryl methyl sites for hydroxylation is 1. The van der Waals surface area contributed by atoms with Crippen LogP contribution < -0.4 is 11.3 Å². The maximum absolute atomic E-state index is 11.3. The second kappa shape index (κ2) is 4.61. The first-order valence-corrected chi connectivity index (χ1v) is 5.79. The number of hydrogen-bond acceptors (Lipinski definition) is 2. The SMILES string of the molecule is Cn1cc(C2CCCN(C(N)=O)C2)ccc1=O. The molecule has 5 nitrogen and oxygen atoms in total. The standard InChI is InChI=1S/C12H17N3O2/c1-14-7-10(4-5-11(14)16)9-3-2-6-15(8-9)12(13)17/h4-5,7,9H,2-3,6,8H2,1H3,(H2,13,17). The fourth-order valence-electron chi connectivity index (χ4n) is 2.31. The normalized spacial score (nSPS) is 20.3. The molecule has 1 atom stereocenters. The van der Waals surface area contributed by atoms with Gasteiger partial charge in [0, 0.05) is 38.3 Å². The van der Waals surface area contributed by atoms with Crippen molar-refractivity contribution in [3.8, 4) is 0 Å².